The molecule has 0 unspecified atom stereocenters. The Kier molecular flexibility index (Phi) is 3.33. The van der Waals surface area contributed by atoms with E-state index >= 15 is 0 Å². The molecule has 0 saturated heterocycles. The van der Waals surface area contributed by atoms with Gasteiger partial charge in [0.15, 0.2) is 0 Å². The van der Waals surface area contributed by atoms with Gasteiger partial charge in [0.1, 0.15) is 5.75 Å². The van der Waals surface area contributed by atoms with Crippen molar-refractivity contribution in [2.24, 2.45) is 5.73 Å². The summed E-state index contributed by atoms with van der Waals surface area (Å²) in [6.45, 7) is 0. The maximum atomic E-state index is 12.8. The van der Waals surface area contributed by atoms with Crippen molar-refractivity contribution in [1.29, 1.82) is 0 Å². The molecular formula is C13H17F2NO. The fraction of sp³-hybridized carbons (Fsp3) is 0.538. The van der Waals surface area contributed by atoms with Crippen molar-refractivity contribution in [1.82, 2.24) is 0 Å². The molecule has 1 aromatic carbocycles. The molecule has 0 amide bonds. The second-order valence-corrected chi connectivity index (χ2v) is 4.74. The fourth-order valence-electron chi connectivity index (χ4n) is 1.91. The monoisotopic (exact) mass is 241 g/mol. The van der Waals surface area contributed by atoms with Crippen molar-refractivity contribution in [3.05, 3.63) is 29.3 Å². The van der Waals surface area contributed by atoms with Gasteiger partial charge in [-0.2, -0.15) is 0 Å². The number of rotatable bonds is 5. The summed E-state index contributed by atoms with van der Waals surface area (Å²) in [7, 11) is 1.40. The van der Waals surface area contributed by atoms with Crippen molar-refractivity contribution in [3.8, 4) is 5.75 Å². The number of halogens is 2. The maximum absolute atomic E-state index is 12.8. The number of hydrogen-bond donors (Lipinski definition) is 1. The van der Waals surface area contributed by atoms with Crippen LogP contribution in [-0.2, 0) is 6.42 Å². The van der Waals surface area contributed by atoms with E-state index in [1.54, 1.807) is 6.07 Å². The van der Waals surface area contributed by atoms with E-state index in [0.29, 0.717) is 0 Å². The largest absolute Gasteiger partial charge is 0.496 e. The second-order valence-electron chi connectivity index (χ2n) is 4.74. The van der Waals surface area contributed by atoms with Crippen molar-refractivity contribution >= 4 is 0 Å². The van der Waals surface area contributed by atoms with Crippen molar-refractivity contribution < 1.29 is 13.5 Å². The Hall–Kier alpha value is -1.16. The van der Waals surface area contributed by atoms with Crippen molar-refractivity contribution in [3.63, 3.8) is 0 Å². The SMILES string of the molecule is COc1ccc(CCC2(N)CC2)cc1C(F)F. The van der Waals surface area contributed by atoms with Gasteiger partial charge >= 0.3 is 0 Å². The highest BCUT2D eigenvalue weighted by Gasteiger charge is 2.37. The molecule has 1 aromatic rings. The van der Waals surface area contributed by atoms with Crippen molar-refractivity contribution in [2.75, 3.05) is 7.11 Å². The molecule has 0 spiro atoms. The molecule has 2 nitrogen and oxygen atoms in total. The number of hydrogen-bond acceptors (Lipinski definition) is 2. The first-order chi connectivity index (χ1) is 8.04. The van der Waals surface area contributed by atoms with Crippen LogP contribution in [0.25, 0.3) is 0 Å². The van der Waals surface area contributed by atoms with Crippen LogP contribution in [-0.4, -0.2) is 12.6 Å². The molecule has 0 radical (unpaired) electrons. The highest BCUT2D eigenvalue weighted by molar-refractivity contribution is 5.38. The Balaban J connectivity index is 2.09. The highest BCUT2D eigenvalue weighted by atomic mass is 19.3. The average Bonchev–Trinajstić information content (AvgIpc) is 3.05. The minimum atomic E-state index is -2.50. The van der Waals surface area contributed by atoms with Crippen molar-refractivity contribution in [2.45, 2.75) is 37.6 Å². The van der Waals surface area contributed by atoms with Gasteiger partial charge in [-0.3, -0.25) is 0 Å². The molecule has 1 saturated carbocycles. The fourth-order valence-corrected chi connectivity index (χ4v) is 1.91. The molecule has 0 aliphatic heterocycles. The normalized spacial score (nSPS) is 17.2. The van der Waals surface area contributed by atoms with Gasteiger partial charge in [0, 0.05) is 5.54 Å². The number of alkyl halides is 2. The van der Waals surface area contributed by atoms with Crippen LogP contribution >= 0.6 is 0 Å². The van der Waals surface area contributed by atoms with Gasteiger partial charge in [-0.05, 0) is 43.4 Å². The van der Waals surface area contributed by atoms with Crippen LogP contribution in [0.4, 0.5) is 8.78 Å². The lowest BCUT2D eigenvalue weighted by atomic mass is 10.0. The first-order valence-electron chi connectivity index (χ1n) is 5.78. The molecule has 0 aromatic heterocycles. The smallest absolute Gasteiger partial charge is 0.267 e. The second kappa shape index (κ2) is 4.61. The lowest BCUT2D eigenvalue weighted by molar-refractivity contribution is 0.147. The summed E-state index contributed by atoms with van der Waals surface area (Å²) in [5.41, 5.74) is 6.80. The zero-order valence-electron chi connectivity index (χ0n) is 9.88. The van der Waals surface area contributed by atoms with Gasteiger partial charge in [-0.1, -0.05) is 6.07 Å². The predicted octanol–water partition coefficient (Wildman–Crippen LogP) is 3.06. The van der Waals surface area contributed by atoms with Crippen LogP contribution in [0.2, 0.25) is 0 Å². The van der Waals surface area contributed by atoms with Gasteiger partial charge in [0.2, 0.25) is 0 Å². The van der Waals surface area contributed by atoms with E-state index in [9.17, 15) is 8.78 Å². The Labute approximate surface area is 99.8 Å². The summed E-state index contributed by atoms with van der Waals surface area (Å²) in [4.78, 5) is 0. The molecule has 1 fully saturated rings. The molecule has 1 aliphatic rings. The Bertz CT molecular complexity index is 402. The summed E-state index contributed by atoms with van der Waals surface area (Å²) in [6, 6.07) is 4.96. The number of nitrogens with two attached hydrogens (primary N) is 1. The molecule has 4 heteroatoms. The van der Waals surface area contributed by atoms with Gasteiger partial charge in [-0.15, -0.1) is 0 Å². The molecular weight excluding hydrogens is 224 g/mol. The summed E-state index contributed by atoms with van der Waals surface area (Å²) < 4.78 is 30.5. The minimum absolute atomic E-state index is 0.0353. The lowest BCUT2D eigenvalue weighted by Gasteiger charge is -2.12. The van der Waals surface area contributed by atoms with Gasteiger partial charge in [-0.25, -0.2) is 8.78 Å². The standard InChI is InChI=1S/C13H17F2NO/c1-17-11-3-2-9(8-10(11)12(14)15)4-5-13(16)6-7-13/h2-3,8,12H,4-7,16H2,1H3. The molecule has 17 heavy (non-hydrogen) atoms. The van der Waals surface area contributed by atoms with E-state index in [4.69, 9.17) is 10.5 Å². The third-order valence-corrected chi connectivity index (χ3v) is 3.33. The molecule has 94 valence electrons. The van der Waals surface area contributed by atoms with Gasteiger partial charge in [0.05, 0.1) is 12.7 Å². The molecule has 2 N–H and O–H groups in total. The Morgan fingerprint density at radius 2 is 2.12 bits per heavy atom. The number of ether oxygens (including phenoxy) is 1. The quantitative estimate of drug-likeness (QED) is 0.859. The van der Waals surface area contributed by atoms with E-state index in [0.717, 1.165) is 31.2 Å². The summed E-state index contributed by atoms with van der Waals surface area (Å²) >= 11 is 0. The maximum Gasteiger partial charge on any atom is 0.267 e. The van der Waals surface area contributed by atoms with E-state index in [1.807, 2.05) is 6.07 Å². The molecule has 2 rings (SSSR count). The third kappa shape index (κ3) is 2.94. The molecule has 0 heterocycles. The molecule has 0 atom stereocenters. The summed E-state index contributed by atoms with van der Waals surface area (Å²) in [6.07, 6.45) is 1.20. The first-order valence-corrected chi connectivity index (χ1v) is 5.78. The Morgan fingerprint density at radius 1 is 1.41 bits per heavy atom. The summed E-state index contributed by atoms with van der Waals surface area (Å²) in [5, 5.41) is 0. The topological polar surface area (TPSA) is 35.2 Å². The predicted molar refractivity (Wildman–Crippen MR) is 62.4 cm³/mol. The minimum Gasteiger partial charge on any atom is -0.496 e. The summed E-state index contributed by atoms with van der Waals surface area (Å²) in [5.74, 6) is 0.248. The van der Waals surface area contributed by atoms with Gasteiger partial charge < -0.3 is 10.5 Å². The number of aryl methyl sites for hydroxylation is 1. The number of methoxy groups -OCH3 is 1. The van der Waals surface area contributed by atoms with Crippen LogP contribution in [0.1, 0.15) is 36.8 Å². The van der Waals surface area contributed by atoms with Crippen LogP contribution < -0.4 is 10.5 Å². The van der Waals surface area contributed by atoms with Gasteiger partial charge in [0.25, 0.3) is 6.43 Å². The third-order valence-electron chi connectivity index (χ3n) is 3.33. The van der Waals surface area contributed by atoms with E-state index < -0.39 is 6.43 Å². The lowest BCUT2D eigenvalue weighted by Crippen LogP contribution is -2.22. The zero-order valence-corrected chi connectivity index (χ0v) is 9.88. The number of benzene rings is 1. The van der Waals surface area contributed by atoms with Crippen LogP contribution in [0.15, 0.2) is 18.2 Å². The molecule has 0 bridgehead atoms. The van der Waals surface area contributed by atoms with Crippen LogP contribution in [0.5, 0.6) is 5.75 Å². The van der Waals surface area contributed by atoms with E-state index in [2.05, 4.69) is 0 Å². The zero-order chi connectivity index (χ0) is 12.5. The highest BCUT2D eigenvalue weighted by Crippen LogP contribution is 2.37. The average molecular weight is 241 g/mol. The Morgan fingerprint density at radius 3 is 2.65 bits per heavy atom. The van der Waals surface area contributed by atoms with Crippen LogP contribution in [0.3, 0.4) is 0 Å². The van der Waals surface area contributed by atoms with Crippen LogP contribution in [0, 0.1) is 0 Å². The van der Waals surface area contributed by atoms with E-state index in [1.165, 1.54) is 13.2 Å². The molecule has 1 aliphatic carbocycles. The first kappa shape index (κ1) is 12.3. The van der Waals surface area contributed by atoms with E-state index in [-0.39, 0.29) is 16.9 Å².